The van der Waals surface area contributed by atoms with Gasteiger partial charge in [-0.3, -0.25) is 0 Å². The molecule has 8 heteroatoms. The minimum Gasteiger partial charge on any atom is -0.383 e. The molecule has 0 amide bonds. The molecule has 0 aliphatic rings. The predicted molar refractivity (Wildman–Crippen MR) is 93.2 cm³/mol. The largest absolute Gasteiger partial charge is 0.435 e. The summed E-state index contributed by atoms with van der Waals surface area (Å²) in [5.41, 5.74) is 5.93. The van der Waals surface area contributed by atoms with E-state index in [2.05, 4.69) is 5.10 Å². The number of hydrogen-bond donors (Lipinski definition) is 1. The minimum atomic E-state index is -4.72. The van der Waals surface area contributed by atoms with Crippen molar-refractivity contribution in [3.63, 3.8) is 0 Å². The summed E-state index contributed by atoms with van der Waals surface area (Å²) in [5, 5.41) is 3.82. The Labute approximate surface area is 151 Å². The topological polar surface area (TPSA) is 43.8 Å². The van der Waals surface area contributed by atoms with Crippen LogP contribution in [-0.4, -0.2) is 9.78 Å². The molecule has 0 saturated heterocycles. The first-order chi connectivity index (χ1) is 11.7. The Morgan fingerprint density at radius 3 is 2.04 bits per heavy atom. The molecule has 0 atom stereocenters. The van der Waals surface area contributed by atoms with Gasteiger partial charge in [-0.1, -0.05) is 47.0 Å². The molecule has 25 heavy (non-hydrogen) atoms. The van der Waals surface area contributed by atoms with Crippen LogP contribution < -0.4 is 5.73 Å². The minimum absolute atomic E-state index is 0.00835. The quantitative estimate of drug-likeness (QED) is 0.609. The van der Waals surface area contributed by atoms with E-state index in [9.17, 15) is 13.2 Å². The van der Waals surface area contributed by atoms with Crippen molar-refractivity contribution in [3.8, 4) is 16.8 Å². The van der Waals surface area contributed by atoms with Crippen LogP contribution in [0.2, 0.25) is 10.0 Å². The molecule has 130 valence electrons. The molecular weight excluding hydrogens is 374 g/mol. The fourth-order valence-corrected chi connectivity index (χ4v) is 3.08. The number of nitrogens with zero attached hydrogens (tertiary/aromatic N) is 2. The number of aryl methyl sites for hydroxylation is 1. The summed E-state index contributed by atoms with van der Waals surface area (Å²) in [6, 6.07) is 11.2. The lowest BCUT2D eigenvalue weighted by atomic mass is 10.0. The fourth-order valence-electron chi connectivity index (χ4n) is 2.50. The summed E-state index contributed by atoms with van der Waals surface area (Å²) in [7, 11) is 0. The third-order valence-corrected chi connectivity index (χ3v) is 4.31. The van der Waals surface area contributed by atoms with Crippen LogP contribution in [0.1, 0.15) is 11.3 Å². The van der Waals surface area contributed by atoms with Gasteiger partial charge in [0.15, 0.2) is 5.69 Å². The third kappa shape index (κ3) is 3.19. The number of rotatable bonds is 2. The molecule has 3 aromatic rings. The normalized spacial score (nSPS) is 11.8. The first-order valence-corrected chi connectivity index (χ1v) is 7.93. The average molecular weight is 386 g/mol. The van der Waals surface area contributed by atoms with E-state index in [4.69, 9.17) is 28.9 Å². The van der Waals surface area contributed by atoms with Crippen molar-refractivity contribution in [1.82, 2.24) is 9.78 Å². The molecule has 0 radical (unpaired) electrons. The molecule has 0 unspecified atom stereocenters. The maximum atomic E-state index is 13.6. The molecule has 1 aromatic heterocycles. The Balaban J connectivity index is 2.33. The van der Waals surface area contributed by atoms with E-state index in [1.54, 1.807) is 30.3 Å². The Bertz CT molecular complexity index is 911. The summed E-state index contributed by atoms with van der Waals surface area (Å²) in [4.78, 5) is 0. The zero-order valence-electron chi connectivity index (χ0n) is 12.9. The lowest BCUT2D eigenvalue weighted by molar-refractivity contribution is -0.140. The van der Waals surface area contributed by atoms with Crippen LogP contribution in [-0.2, 0) is 6.18 Å². The number of aromatic nitrogens is 2. The maximum Gasteiger partial charge on any atom is 0.435 e. The van der Waals surface area contributed by atoms with Gasteiger partial charge >= 0.3 is 6.18 Å². The van der Waals surface area contributed by atoms with Gasteiger partial charge in [-0.25, -0.2) is 4.68 Å². The van der Waals surface area contributed by atoms with E-state index in [0.717, 1.165) is 10.2 Å². The SMILES string of the molecule is Cc1ccc(-n2nc(C(F)(F)F)c(-c3c(Cl)cccc3Cl)c2N)cc1. The number of benzene rings is 2. The van der Waals surface area contributed by atoms with E-state index >= 15 is 0 Å². The monoisotopic (exact) mass is 385 g/mol. The van der Waals surface area contributed by atoms with E-state index in [1.807, 2.05) is 6.92 Å². The average Bonchev–Trinajstić information content (AvgIpc) is 2.86. The smallest absolute Gasteiger partial charge is 0.383 e. The molecule has 2 N–H and O–H groups in total. The number of halogens is 5. The summed E-state index contributed by atoms with van der Waals surface area (Å²) < 4.78 is 41.7. The second kappa shape index (κ2) is 6.28. The highest BCUT2D eigenvalue weighted by Gasteiger charge is 2.40. The standard InChI is InChI=1S/C17H12Cl2F3N3/c1-9-5-7-10(8-6-9)25-16(23)14(15(24-25)17(20,21)22)13-11(18)3-2-4-12(13)19/h2-8H,23H2,1H3. The van der Waals surface area contributed by atoms with Crippen LogP contribution in [0.4, 0.5) is 19.0 Å². The van der Waals surface area contributed by atoms with Crippen LogP contribution >= 0.6 is 23.2 Å². The number of anilines is 1. The van der Waals surface area contributed by atoms with Crippen molar-refractivity contribution >= 4 is 29.0 Å². The summed E-state index contributed by atoms with van der Waals surface area (Å²) in [5.74, 6) is -0.189. The van der Waals surface area contributed by atoms with Crippen molar-refractivity contribution in [2.24, 2.45) is 0 Å². The highest BCUT2D eigenvalue weighted by molar-refractivity contribution is 6.39. The molecule has 0 aliphatic carbocycles. The van der Waals surface area contributed by atoms with E-state index in [-0.39, 0.29) is 27.0 Å². The van der Waals surface area contributed by atoms with Crippen LogP contribution in [0.15, 0.2) is 42.5 Å². The summed E-state index contributed by atoms with van der Waals surface area (Å²) >= 11 is 12.2. The first-order valence-electron chi connectivity index (χ1n) is 7.17. The van der Waals surface area contributed by atoms with Crippen molar-refractivity contribution in [2.45, 2.75) is 13.1 Å². The molecule has 0 saturated carbocycles. The molecule has 0 spiro atoms. The second-order valence-corrected chi connectivity index (χ2v) is 6.27. The van der Waals surface area contributed by atoms with Crippen molar-refractivity contribution in [1.29, 1.82) is 0 Å². The highest BCUT2D eigenvalue weighted by atomic mass is 35.5. The van der Waals surface area contributed by atoms with Gasteiger partial charge in [-0.2, -0.15) is 18.3 Å². The van der Waals surface area contributed by atoms with Gasteiger partial charge in [0.2, 0.25) is 0 Å². The van der Waals surface area contributed by atoms with Gasteiger partial charge in [0.05, 0.1) is 21.3 Å². The van der Waals surface area contributed by atoms with Crippen LogP contribution in [0.3, 0.4) is 0 Å². The van der Waals surface area contributed by atoms with Gasteiger partial charge in [0.1, 0.15) is 5.82 Å². The third-order valence-electron chi connectivity index (χ3n) is 3.68. The molecular formula is C17H12Cl2F3N3. The van der Waals surface area contributed by atoms with Gasteiger partial charge in [0.25, 0.3) is 0 Å². The van der Waals surface area contributed by atoms with Crippen LogP contribution in [0.5, 0.6) is 0 Å². The fraction of sp³-hybridized carbons (Fsp3) is 0.118. The van der Waals surface area contributed by atoms with E-state index < -0.39 is 11.9 Å². The Kier molecular flexibility index (Phi) is 4.43. The van der Waals surface area contributed by atoms with Crippen molar-refractivity contribution in [2.75, 3.05) is 5.73 Å². The number of hydrogen-bond acceptors (Lipinski definition) is 2. The molecule has 0 aliphatic heterocycles. The van der Waals surface area contributed by atoms with Gasteiger partial charge in [-0.15, -0.1) is 0 Å². The van der Waals surface area contributed by atoms with Crippen molar-refractivity contribution in [3.05, 3.63) is 63.8 Å². The maximum absolute atomic E-state index is 13.6. The van der Waals surface area contributed by atoms with E-state index in [1.165, 1.54) is 12.1 Å². The summed E-state index contributed by atoms with van der Waals surface area (Å²) in [6.07, 6.45) is -4.72. The van der Waals surface area contributed by atoms with Crippen LogP contribution in [0.25, 0.3) is 16.8 Å². The van der Waals surface area contributed by atoms with Crippen LogP contribution in [0, 0.1) is 6.92 Å². The van der Waals surface area contributed by atoms with Gasteiger partial charge in [0, 0.05) is 5.56 Å². The molecule has 0 fully saturated rings. The zero-order chi connectivity index (χ0) is 18.4. The zero-order valence-corrected chi connectivity index (χ0v) is 14.4. The summed E-state index contributed by atoms with van der Waals surface area (Å²) in [6.45, 7) is 1.87. The Morgan fingerprint density at radius 2 is 1.52 bits per heavy atom. The van der Waals surface area contributed by atoms with Gasteiger partial charge < -0.3 is 5.73 Å². The highest BCUT2D eigenvalue weighted by Crippen LogP contribution is 2.45. The van der Waals surface area contributed by atoms with Gasteiger partial charge in [-0.05, 0) is 31.2 Å². The number of alkyl halides is 3. The Hall–Kier alpha value is -2.18. The predicted octanol–water partition coefficient (Wildman–Crippen LogP) is 5.76. The lowest BCUT2D eigenvalue weighted by Crippen LogP contribution is -2.08. The first kappa shape index (κ1) is 17.6. The van der Waals surface area contributed by atoms with Crippen molar-refractivity contribution < 1.29 is 13.2 Å². The number of nitrogen functional groups attached to an aromatic ring is 1. The van der Waals surface area contributed by atoms with E-state index in [0.29, 0.717) is 5.69 Å². The lowest BCUT2D eigenvalue weighted by Gasteiger charge is -2.10. The molecule has 2 aromatic carbocycles. The molecule has 1 heterocycles. The number of nitrogens with two attached hydrogens (primary N) is 1. The molecule has 3 rings (SSSR count). The molecule has 0 bridgehead atoms. The second-order valence-electron chi connectivity index (χ2n) is 5.45. The molecule has 3 nitrogen and oxygen atoms in total. The Morgan fingerprint density at radius 1 is 0.960 bits per heavy atom.